The van der Waals surface area contributed by atoms with Gasteiger partial charge in [-0.15, -0.1) is 0 Å². The average molecular weight is 338 g/mol. The van der Waals surface area contributed by atoms with E-state index in [1.54, 1.807) is 0 Å². The number of hydrogen-bond donors (Lipinski definition) is 2. The molecule has 2 nitrogen and oxygen atoms in total. The second-order valence-electron chi connectivity index (χ2n) is 4.61. The standard InChI is InChI=1S/C15H14BrClN2/c16-13-8-12(17)4-5-14(13)19-9-11-3-1-2-10-6-7-18-15(10)11/h1-5,8,18-19H,6-7,9H2. The zero-order valence-electron chi connectivity index (χ0n) is 10.3. The van der Waals surface area contributed by atoms with Crippen molar-refractivity contribution in [3.05, 3.63) is 57.0 Å². The molecule has 2 N–H and O–H groups in total. The van der Waals surface area contributed by atoms with E-state index in [-0.39, 0.29) is 0 Å². The molecule has 0 aliphatic carbocycles. The highest BCUT2D eigenvalue weighted by Crippen LogP contribution is 2.29. The highest BCUT2D eigenvalue weighted by Gasteiger charge is 2.13. The van der Waals surface area contributed by atoms with Crippen LogP contribution in [0.4, 0.5) is 11.4 Å². The summed E-state index contributed by atoms with van der Waals surface area (Å²) >= 11 is 9.46. The predicted molar refractivity (Wildman–Crippen MR) is 85.1 cm³/mol. The number of anilines is 2. The van der Waals surface area contributed by atoms with Crippen molar-refractivity contribution in [2.45, 2.75) is 13.0 Å². The van der Waals surface area contributed by atoms with E-state index >= 15 is 0 Å². The van der Waals surface area contributed by atoms with Crippen molar-refractivity contribution in [3.8, 4) is 0 Å². The van der Waals surface area contributed by atoms with E-state index in [1.165, 1.54) is 16.8 Å². The van der Waals surface area contributed by atoms with Crippen molar-refractivity contribution in [3.63, 3.8) is 0 Å². The van der Waals surface area contributed by atoms with Gasteiger partial charge in [-0.05, 0) is 51.7 Å². The van der Waals surface area contributed by atoms with Gasteiger partial charge in [0.25, 0.3) is 0 Å². The van der Waals surface area contributed by atoms with Gasteiger partial charge in [0, 0.05) is 34.0 Å². The van der Waals surface area contributed by atoms with Crippen LogP contribution in [0.2, 0.25) is 5.02 Å². The average Bonchev–Trinajstić information content (AvgIpc) is 2.86. The topological polar surface area (TPSA) is 24.1 Å². The molecule has 0 saturated carbocycles. The Balaban J connectivity index is 1.78. The number of rotatable bonds is 3. The molecule has 0 bridgehead atoms. The first kappa shape index (κ1) is 12.8. The lowest BCUT2D eigenvalue weighted by molar-refractivity contribution is 1.11. The van der Waals surface area contributed by atoms with E-state index in [0.29, 0.717) is 0 Å². The normalized spacial score (nSPS) is 12.9. The minimum Gasteiger partial charge on any atom is -0.384 e. The number of nitrogens with one attached hydrogen (secondary N) is 2. The highest BCUT2D eigenvalue weighted by atomic mass is 79.9. The fourth-order valence-corrected chi connectivity index (χ4v) is 3.20. The van der Waals surface area contributed by atoms with Gasteiger partial charge in [-0.25, -0.2) is 0 Å². The molecule has 0 unspecified atom stereocenters. The molecule has 2 aromatic carbocycles. The summed E-state index contributed by atoms with van der Waals surface area (Å²) in [5, 5.41) is 7.63. The third kappa shape index (κ3) is 2.72. The molecule has 0 radical (unpaired) electrons. The summed E-state index contributed by atoms with van der Waals surface area (Å²) in [7, 11) is 0. The SMILES string of the molecule is Clc1ccc(NCc2cccc3c2NCC3)c(Br)c1. The van der Waals surface area contributed by atoms with Gasteiger partial charge < -0.3 is 10.6 Å². The first-order chi connectivity index (χ1) is 9.24. The van der Waals surface area contributed by atoms with E-state index < -0.39 is 0 Å². The van der Waals surface area contributed by atoms with Gasteiger partial charge >= 0.3 is 0 Å². The zero-order valence-corrected chi connectivity index (χ0v) is 12.7. The van der Waals surface area contributed by atoms with Crippen LogP contribution in [0.15, 0.2) is 40.9 Å². The van der Waals surface area contributed by atoms with Crippen LogP contribution in [0.5, 0.6) is 0 Å². The van der Waals surface area contributed by atoms with Gasteiger partial charge in [0.1, 0.15) is 0 Å². The Hall–Kier alpha value is -1.19. The maximum atomic E-state index is 5.94. The van der Waals surface area contributed by atoms with Crippen molar-refractivity contribution in [1.29, 1.82) is 0 Å². The maximum Gasteiger partial charge on any atom is 0.0488 e. The smallest absolute Gasteiger partial charge is 0.0488 e. The summed E-state index contributed by atoms with van der Waals surface area (Å²) in [4.78, 5) is 0. The summed E-state index contributed by atoms with van der Waals surface area (Å²) in [6, 6.07) is 12.3. The molecule has 0 saturated heterocycles. The Labute approximate surface area is 126 Å². The number of halogens is 2. The fourth-order valence-electron chi connectivity index (χ4n) is 2.38. The Kier molecular flexibility index (Phi) is 3.67. The Morgan fingerprint density at radius 3 is 3.00 bits per heavy atom. The largest absolute Gasteiger partial charge is 0.384 e. The van der Waals surface area contributed by atoms with Crippen molar-refractivity contribution < 1.29 is 0 Å². The summed E-state index contributed by atoms with van der Waals surface area (Å²) in [5.41, 5.74) is 5.06. The first-order valence-corrected chi connectivity index (χ1v) is 7.45. The van der Waals surface area contributed by atoms with Gasteiger partial charge in [-0.2, -0.15) is 0 Å². The van der Waals surface area contributed by atoms with Crippen molar-refractivity contribution in [2.24, 2.45) is 0 Å². The molecule has 0 amide bonds. The van der Waals surface area contributed by atoms with Gasteiger partial charge in [-0.3, -0.25) is 0 Å². The second-order valence-corrected chi connectivity index (χ2v) is 5.90. The lowest BCUT2D eigenvalue weighted by Crippen LogP contribution is -2.03. The molecule has 0 aromatic heterocycles. The van der Waals surface area contributed by atoms with Crippen molar-refractivity contribution in [1.82, 2.24) is 0 Å². The minimum atomic E-state index is 0.736. The van der Waals surface area contributed by atoms with E-state index in [2.05, 4.69) is 44.8 Å². The molecule has 0 fully saturated rings. The molecule has 0 atom stereocenters. The van der Waals surface area contributed by atoms with Crippen LogP contribution in [0.3, 0.4) is 0 Å². The van der Waals surface area contributed by atoms with E-state index in [4.69, 9.17) is 11.6 Å². The van der Waals surface area contributed by atoms with Crippen LogP contribution in [-0.2, 0) is 13.0 Å². The molecule has 98 valence electrons. The van der Waals surface area contributed by atoms with Crippen molar-refractivity contribution >= 4 is 38.9 Å². The molecule has 0 spiro atoms. The van der Waals surface area contributed by atoms with Crippen LogP contribution in [0.1, 0.15) is 11.1 Å². The Bertz CT molecular complexity index is 613. The predicted octanol–water partition coefficient (Wildman–Crippen LogP) is 4.68. The van der Waals surface area contributed by atoms with Crippen LogP contribution in [-0.4, -0.2) is 6.54 Å². The van der Waals surface area contributed by atoms with E-state index in [9.17, 15) is 0 Å². The van der Waals surface area contributed by atoms with Gasteiger partial charge in [0.2, 0.25) is 0 Å². The van der Waals surface area contributed by atoms with Crippen molar-refractivity contribution in [2.75, 3.05) is 17.2 Å². The first-order valence-electron chi connectivity index (χ1n) is 6.27. The zero-order chi connectivity index (χ0) is 13.2. The lowest BCUT2D eigenvalue weighted by atomic mass is 10.1. The van der Waals surface area contributed by atoms with E-state index in [0.717, 1.165) is 34.7 Å². The number of hydrogen-bond acceptors (Lipinski definition) is 2. The highest BCUT2D eigenvalue weighted by molar-refractivity contribution is 9.10. The van der Waals surface area contributed by atoms with Crippen LogP contribution in [0, 0.1) is 0 Å². The molecule has 4 heteroatoms. The fraction of sp³-hybridized carbons (Fsp3) is 0.200. The van der Waals surface area contributed by atoms with Crippen LogP contribution in [0.25, 0.3) is 0 Å². The molecule has 1 aliphatic rings. The number of para-hydroxylation sites is 1. The molecule has 1 aliphatic heterocycles. The molecule has 2 aromatic rings. The summed E-state index contributed by atoms with van der Waals surface area (Å²) < 4.78 is 0.987. The summed E-state index contributed by atoms with van der Waals surface area (Å²) in [6.07, 6.45) is 1.12. The third-order valence-corrected chi connectivity index (χ3v) is 4.22. The molecular formula is C15H14BrClN2. The maximum absolute atomic E-state index is 5.94. The third-order valence-electron chi connectivity index (χ3n) is 3.33. The van der Waals surface area contributed by atoms with Gasteiger partial charge in [-0.1, -0.05) is 29.8 Å². The molecule has 3 rings (SSSR count). The summed E-state index contributed by atoms with van der Waals surface area (Å²) in [6.45, 7) is 1.84. The molecule has 19 heavy (non-hydrogen) atoms. The Morgan fingerprint density at radius 2 is 2.16 bits per heavy atom. The van der Waals surface area contributed by atoms with E-state index in [1.807, 2.05) is 18.2 Å². The lowest BCUT2D eigenvalue weighted by Gasteiger charge is -2.12. The summed E-state index contributed by atoms with van der Waals surface area (Å²) in [5.74, 6) is 0. The second kappa shape index (κ2) is 5.43. The monoisotopic (exact) mass is 336 g/mol. The molecule has 1 heterocycles. The number of fused-ring (bicyclic) bond motifs is 1. The molecular weight excluding hydrogens is 324 g/mol. The minimum absolute atomic E-state index is 0.736. The quantitative estimate of drug-likeness (QED) is 0.849. The van der Waals surface area contributed by atoms with Crippen LogP contribution < -0.4 is 10.6 Å². The Morgan fingerprint density at radius 1 is 1.26 bits per heavy atom. The van der Waals surface area contributed by atoms with Gasteiger partial charge in [0.15, 0.2) is 0 Å². The van der Waals surface area contributed by atoms with Gasteiger partial charge in [0.05, 0.1) is 0 Å². The number of benzene rings is 2. The van der Waals surface area contributed by atoms with Crippen LogP contribution >= 0.6 is 27.5 Å².